The first kappa shape index (κ1) is 14.9. The lowest BCUT2D eigenvalue weighted by Crippen LogP contribution is -2.12. The number of nitrogens with two attached hydrogens (primary N) is 1. The van der Waals surface area contributed by atoms with E-state index in [1.807, 2.05) is 6.07 Å². The number of hydrogen-bond donors (Lipinski definition) is 1. The van der Waals surface area contributed by atoms with Gasteiger partial charge in [-0.2, -0.15) is 0 Å². The predicted molar refractivity (Wildman–Crippen MR) is 84.9 cm³/mol. The molecule has 0 aromatic heterocycles. The van der Waals surface area contributed by atoms with Gasteiger partial charge in [0.25, 0.3) is 0 Å². The van der Waals surface area contributed by atoms with Crippen LogP contribution in [0.2, 0.25) is 0 Å². The Kier molecular flexibility index (Phi) is 5.42. The quantitative estimate of drug-likeness (QED) is 0.852. The third-order valence-corrected chi connectivity index (χ3v) is 3.92. The summed E-state index contributed by atoms with van der Waals surface area (Å²) in [4.78, 5) is 0. The molecule has 0 bridgehead atoms. The summed E-state index contributed by atoms with van der Waals surface area (Å²) in [5.41, 5.74) is 9.63. The van der Waals surface area contributed by atoms with E-state index in [2.05, 4.69) is 44.2 Å². The summed E-state index contributed by atoms with van der Waals surface area (Å²) in [5.74, 6) is 1.54. The number of allylic oxidation sites excluding steroid dienone is 3. The Labute approximate surface area is 122 Å². The molecule has 1 aliphatic carbocycles. The minimum absolute atomic E-state index is 0.584. The van der Waals surface area contributed by atoms with Crippen molar-refractivity contribution in [1.82, 2.24) is 0 Å². The summed E-state index contributed by atoms with van der Waals surface area (Å²) in [5, 5.41) is 0. The van der Waals surface area contributed by atoms with E-state index in [1.165, 1.54) is 16.7 Å². The van der Waals surface area contributed by atoms with E-state index in [4.69, 9.17) is 10.5 Å². The van der Waals surface area contributed by atoms with Crippen molar-refractivity contribution >= 4 is 0 Å². The molecule has 0 spiro atoms. The average molecular weight is 271 g/mol. The van der Waals surface area contributed by atoms with Gasteiger partial charge < -0.3 is 10.5 Å². The van der Waals surface area contributed by atoms with Gasteiger partial charge in [0.1, 0.15) is 12.4 Å². The summed E-state index contributed by atoms with van der Waals surface area (Å²) in [6.45, 7) is 5.87. The second-order valence-corrected chi connectivity index (χ2v) is 5.58. The second-order valence-electron chi connectivity index (χ2n) is 5.58. The van der Waals surface area contributed by atoms with Crippen LogP contribution in [0.3, 0.4) is 0 Å². The van der Waals surface area contributed by atoms with Crippen LogP contribution in [0.1, 0.15) is 32.3 Å². The van der Waals surface area contributed by atoms with Crippen LogP contribution in [0.5, 0.6) is 5.75 Å². The maximum atomic E-state index is 5.98. The van der Waals surface area contributed by atoms with Gasteiger partial charge in [0, 0.05) is 0 Å². The summed E-state index contributed by atoms with van der Waals surface area (Å²) < 4.78 is 5.98. The molecule has 2 rings (SSSR count). The molecule has 0 saturated carbocycles. The van der Waals surface area contributed by atoms with E-state index in [1.54, 1.807) is 0 Å². The Bertz CT molecular complexity index is 502. The Balaban J connectivity index is 1.98. The van der Waals surface area contributed by atoms with Crippen molar-refractivity contribution in [2.75, 3.05) is 13.2 Å². The van der Waals surface area contributed by atoms with E-state index in [-0.39, 0.29) is 0 Å². The van der Waals surface area contributed by atoms with Crippen molar-refractivity contribution < 1.29 is 4.74 Å². The van der Waals surface area contributed by atoms with Gasteiger partial charge >= 0.3 is 0 Å². The largest absolute Gasteiger partial charge is 0.489 e. The molecule has 1 aromatic rings. The molecular weight excluding hydrogens is 246 g/mol. The monoisotopic (exact) mass is 271 g/mol. The highest BCUT2D eigenvalue weighted by atomic mass is 16.5. The predicted octanol–water partition coefficient (Wildman–Crippen LogP) is 3.87. The fourth-order valence-electron chi connectivity index (χ4n) is 2.60. The molecule has 108 valence electrons. The second kappa shape index (κ2) is 7.30. The molecule has 1 aliphatic rings. The molecule has 1 unspecified atom stereocenters. The van der Waals surface area contributed by atoms with Gasteiger partial charge in [0.05, 0.1) is 0 Å². The normalized spacial score (nSPS) is 18.4. The Morgan fingerprint density at radius 1 is 1.35 bits per heavy atom. The van der Waals surface area contributed by atoms with Crippen LogP contribution in [0, 0.1) is 5.92 Å². The molecular formula is C18H25NO. The lowest BCUT2D eigenvalue weighted by molar-refractivity contribution is 0.334. The zero-order chi connectivity index (χ0) is 14.4. The lowest BCUT2D eigenvalue weighted by atomic mass is 9.89. The summed E-state index contributed by atoms with van der Waals surface area (Å²) in [6.07, 6.45) is 7.62. The zero-order valence-electron chi connectivity index (χ0n) is 12.6. The highest BCUT2D eigenvalue weighted by Gasteiger charge is 2.14. The number of benzene rings is 1. The standard InChI is InChI=1S/C18H25NO/c1-14-6-3-7-15(2)18(14)13-20-17-10-4-8-16(12-17)9-5-11-19/h3-4,6,8,10,12,15H,5,7,9,11,13,19H2,1-2H3. The van der Waals surface area contributed by atoms with Gasteiger partial charge in [-0.15, -0.1) is 0 Å². The van der Waals surface area contributed by atoms with E-state index >= 15 is 0 Å². The molecule has 0 saturated heterocycles. The Morgan fingerprint density at radius 3 is 2.95 bits per heavy atom. The summed E-state index contributed by atoms with van der Waals surface area (Å²) in [7, 11) is 0. The average Bonchev–Trinajstić information content (AvgIpc) is 2.45. The molecule has 2 heteroatoms. The Morgan fingerprint density at radius 2 is 2.20 bits per heavy atom. The van der Waals surface area contributed by atoms with Crippen LogP contribution in [0.25, 0.3) is 0 Å². The molecule has 2 N–H and O–H groups in total. The van der Waals surface area contributed by atoms with E-state index < -0.39 is 0 Å². The molecule has 0 radical (unpaired) electrons. The van der Waals surface area contributed by atoms with Crippen molar-refractivity contribution in [2.45, 2.75) is 33.1 Å². The van der Waals surface area contributed by atoms with Crippen LogP contribution in [0.4, 0.5) is 0 Å². The third-order valence-electron chi connectivity index (χ3n) is 3.92. The maximum Gasteiger partial charge on any atom is 0.120 e. The third kappa shape index (κ3) is 3.97. The molecule has 0 fully saturated rings. The van der Waals surface area contributed by atoms with Crippen molar-refractivity contribution in [1.29, 1.82) is 0 Å². The molecule has 0 amide bonds. The minimum Gasteiger partial charge on any atom is -0.489 e. The maximum absolute atomic E-state index is 5.98. The smallest absolute Gasteiger partial charge is 0.120 e. The Hall–Kier alpha value is -1.54. The van der Waals surface area contributed by atoms with Crippen LogP contribution in [-0.4, -0.2) is 13.2 Å². The van der Waals surface area contributed by atoms with Crippen molar-refractivity contribution in [3.63, 3.8) is 0 Å². The van der Waals surface area contributed by atoms with Crippen molar-refractivity contribution in [2.24, 2.45) is 11.7 Å². The first-order valence-electron chi connectivity index (χ1n) is 7.48. The summed E-state index contributed by atoms with van der Waals surface area (Å²) >= 11 is 0. The van der Waals surface area contributed by atoms with Crippen molar-refractivity contribution in [3.8, 4) is 5.75 Å². The van der Waals surface area contributed by atoms with E-state index in [0.29, 0.717) is 12.5 Å². The molecule has 1 atom stereocenters. The van der Waals surface area contributed by atoms with Gasteiger partial charge in [-0.25, -0.2) is 0 Å². The zero-order valence-corrected chi connectivity index (χ0v) is 12.6. The number of rotatable bonds is 6. The highest BCUT2D eigenvalue weighted by molar-refractivity contribution is 5.32. The van der Waals surface area contributed by atoms with Gasteiger partial charge in [0.15, 0.2) is 0 Å². The van der Waals surface area contributed by atoms with E-state index in [0.717, 1.165) is 31.6 Å². The molecule has 1 aromatic carbocycles. The molecule has 0 heterocycles. The van der Waals surface area contributed by atoms with Gasteiger partial charge in [-0.3, -0.25) is 0 Å². The molecule has 2 nitrogen and oxygen atoms in total. The van der Waals surface area contributed by atoms with Crippen LogP contribution >= 0.6 is 0 Å². The topological polar surface area (TPSA) is 35.2 Å². The van der Waals surface area contributed by atoms with Crippen LogP contribution in [0.15, 0.2) is 47.6 Å². The lowest BCUT2D eigenvalue weighted by Gasteiger charge is -2.21. The summed E-state index contributed by atoms with van der Waals surface area (Å²) in [6, 6.07) is 8.37. The number of aryl methyl sites for hydroxylation is 1. The molecule has 20 heavy (non-hydrogen) atoms. The SMILES string of the molecule is CC1=C(COc2cccc(CCCN)c2)C(C)CC=C1. The van der Waals surface area contributed by atoms with Crippen LogP contribution in [-0.2, 0) is 6.42 Å². The minimum atomic E-state index is 0.584. The number of ether oxygens (including phenoxy) is 1. The van der Waals surface area contributed by atoms with Gasteiger partial charge in [0.2, 0.25) is 0 Å². The van der Waals surface area contributed by atoms with Gasteiger partial charge in [-0.1, -0.05) is 31.2 Å². The van der Waals surface area contributed by atoms with Crippen molar-refractivity contribution in [3.05, 3.63) is 53.1 Å². The number of hydrogen-bond acceptors (Lipinski definition) is 2. The highest BCUT2D eigenvalue weighted by Crippen LogP contribution is 2.26. The first-order chi connectivity index (χ1) is 9.70. The molecule has 0 aliphatic heterocycles. The van der Waals surface area contributed by atoms with Crippen LogP contribution < -0.4 is 10.5 Å². The first-order valence-corrected chi connectivity index (χ1v) is 7.48. The fraction of sp³-hybridized carbons (Fsp3) is 0.444. The fourth-order valence-corrected chi connectivity index (χ4v) is 2.60. The van der Waals surface area contributed by atoms with E-state index in [9.17, 15) is 0 Å². The van der Waals surface area contributed by atoms with Gasteiger partial charge in [-0.05, 0) is 67.5 Å².